The molecule has 0 radical (unpaired) electrons. The van der Waals surface area contributed by atoms with E-state index in [2.05, 4.69) is 34.3 Å². The molecule has 0 amide bonds. The molecule has 0 spiro atoms. The Morgan fingerprint density at radius 2 is 1.11 bits per heavy atom. The van der Waals surface area contributed by atoms with E-state index in [-0.39, 0.29) is 0 Å². The lowest BCUT2D eigenvalue weighted by atomic mass is 9.85. The number of rotatable bonds is 6. The first-order valence-corrected chi connectivity index (χ1v) is 11.1. The van der Waals surface area contributed by atoms with Crippen molar-refractivity contribution < 1.29 is 9.47 Å². The van der Waals surface area contributed by atoms with E-state index in [1.807, 2.05) is 14.2 Å². The molecule has 6 nitrogen and oxygen atoms in total. The Morgan fingerprint density at radius 1 is 0.704 bits per heavy atom. The van der Waals surface area contributed by atoms with E-state index in [0.717, 1.165) is 12.1 Å². The zero-order chi connectivity index (χ0) is 19.0. The van der Waals surface area contributed by atoms with Crippen molar-refractivity contribution in [1.82, 2.24) is 20.4 Å². The van der Waals surface area contributed by atoms with E-state index in [9.17, 15) is 0 Å². The van der Waals surface area contributed by atoms with Gasteiger partial charge in [-0.05, 0) is 46.0 Å². The third kappa shape index (κ3) is 4.68. The van der Waals surface area contributed by atoms with Crippen molar-refractivity contribution in [2.75, 3.05) is 40.4 Å². The molecular weight excluding hydrogens is 340 g/mol. The predicted molar refractivity (Wildman–Crippen MR) is 108 cm³/mol. The molecule has 27 heavy (non-hydrogen) atoms. The summed E-state index contributed by atoms with van der Waals surface area (Å²) in [6.07, 6.45) is 7.06. The zero-order valence-corrected chi connectivity index (χ0v) is 17.7. The van der Waals surface area contributed by atoms with E-state index in [0.29, 0.717) is 36.4 Å². The van der Waals surface area contributed by atoms with Gasteiger partial charge in [0, 0.05) is 76.6 Å². The molecule has 4 aliphatic rings. The van der Waals surface area contributed by atoms with E-state index < -0.39 is 0 Å². The summed E-state index contributed by atoms with van der Waals surface area (Å²) in [4.78, 5) is 5.45. The number of methoxy groups -OCH3 is 2. The van der Waals surface area contributed by atoms with Crippen LogP contribution in [0.5, 0.6) is 0 Å². The molecule has 0 unspecified atom stereocenters. The van der Waals surface area contributed by atoms with Crippen LogP contribution in [0.3, 0.4) is 0 Å². The quantitative estimate of drug-likeness (QED) is 0.719. The van der Waals surface area contributed by atoms with Gasteiger partial charge in [0.2, 0.25) is 0 Å². The summed E-state index contributed by atoms with van der Waals surface area (Å²) < 4.78 is 11.0. The Balaban J connectivity index is 1.28. The number of hydrogen-bond acceptors (Lipinski definition) is 6. The molecule has 2 aliphatic heterocycles. The Labute approximate surface area is 165 Å². The summed E-state index contributed by atoms with van der Waals surface area (Å²) in [5, 5.41) is 7.75. The van der Waals surface area contributed by atoms with Gasteiger partial charge in [-0.25, -0.2) is 0 Å². The topological polar surface area (TPSA) is 49.0 Å². The Morgan fingerprint density at radius 3 is 1.48 bits per heavy atom. The van der Waals surface area contributed by atoms with Gasteiger partial charge in [-0.1, -0.05) is 0 Å². The second kappa shape index (κ2) is 8.64. The standard InChI is InChI=1S/C21H40N4O2/c1-14-10-24(18-6-20(7-18)26-3)12-16(22-14)5-17-13-25(11-15(2)23-17)19-8-21(9-19)27-4/h14-23H,5-13H2,1-4H3/t14-,15+,16-,17+,18?,19?,20?,21?. The highest BCUT2D eigenvalue weighted by atomic mass is 16.5. The number of nitrogens with one attached hydrogen (secondary N) is 2. The average molecular weight is 381 g/mol. The van der Waals surface area contributed by atoms with Crippen molar-refractivity contribution in [1.29, 1.82) is 0 Å². The van der Waals surface area contributed by atoms with Gasteiger partial charge in [-0.2, -0.15) is 0 Å². The van der Waals surface area contributed by atoms with Crippen LogP contribution in [0.25, 0.3) is 0 Å². The molecule has 0 aromatic rings. The fourth-order valence-corrected chi connectivity index (χ4v) is 5.72. The van der Waals surface area contributed by atoms with Crippen LogP contribution in [0.4, 0.5) is 0 Å². The second-order valence-corrected chi connectivity index (χ2v) is 9.64. The molecule has 0 bridgehead atoms. The van der Waals surface area contributed by atoms with Crippen LogP contribution in [0.1, 0.15) is 46.0 Å². The lowest BCUT2D eigenvalue weighted by Crippen LogP contribution is -2.65. The average Bonchev–Trinajstić information content (AvgIpc) is 2.52. The predicted octanol–water partition coefficient (Wildman–Crippen LogP) is 1.06. The molecule has 2 heterocycles. The molecule has 4 atom stereocenters. The smallest absolute Gasteiger partial charge is 0.0601 e. The van der Waals surface area contributed by atoms with Crippen LogP contribution in [-0.2, 0) is 9.47 Å². The van der Waals surface area contributed by atoms with E-state index in [4.69, 9.17) is 9.47 Å². The summed E-state index contributed by atoms with van der Waals surface area (Å²) in [7, 11) is 3.70. The van der Waals surface area contributed by atoms with Crippen LogP contribution >= 0.6 is 0 Å². The van der Waals surface area contributed by atoms with Gasteiger partial charge in [-0.15, -0.1) is 0 Å². The maximum Gasteiger partial charge on any atom is 0.0601 e. The molecule has 156 valence electrons. The van der Waals surface area contributed by atoms with Crippen LogP contribution in [0, 0.1) is 0 Å². The number of ether oxygens (including phenoxy) is 2. The molecule has 6 heteroatoms. The SMILES string of the molecule is COC1CC(N2C[C@@H](C[C@H]3CN(C4CC(OC)C4)C[C@H](C)N3)N[C@H](C)C2)C1. The summed E-state index contributed by atoms with van der Waals surface area (Å²) in [6.45, 7) is 9.42. The van der Waals surface area contributed by atoms with Gasteiger partial charge in [-0.3, -0.25) is 9.80 Å². The monoisotopic (exact) mass is 380 g/mol. The molecule has 0 aromatic heterocycles. The summed E-state index contributed by atoms with van der Waals surface area (Å²) in [5.41, 5.74) is 0. The van der Waals surface area contributed by atoms with Gasteiger partial charge in [0.05, 0.1) is 12.2 Å². The number of nitrogens with zero attached hydrogens (tertiary/aromatic N) is 2. The molecule has 0 aromatic carbocycles. The van der Waals surface area contributed by atoms with Crippen molar-refractivity contribution >= 4 is 0 Å². The lowest BCUT2D eigenvalue weighted by molar-refractivity contribution is -0.0460. The van der Waals surface area contributed by atoms with Crippen molar-refractivity contribution in [2.24, 2.45) is 0 Å². The molecule has 4 fully saturated rings. The van der Waals surface area contributed by atoms with E-state index in [1.54, 1.807) is 0 Å². The zero-order valence-electron chi connectivity index (χ0n) is 17.7. The molecule has 2 saturated heterocycles. The molecule has 2 N–H and O–H groups in total. The summed E-state index contributed by atoms with van der Waals surface area (Å²) >= 11 is 0. The number of piperazine rings is 2. The minimum Gasteiger partial charge on any atom is -0.381 e. The second-order valence-electron chi connectivity index (χ2n) is 9.64. The summed E-state index contributed by atoms with van der Waals surface area (Å²) in [6, 6.07) is 3.81. The first kappa shape index (κ1) is 20.0. The van der Waals surface area contributed by atoms with Crippen molar-refractivity contribution in [2.45, 2.75) is 94.4 Å². The fourth-order valence-electron chi connectivity index (χ4n) is 5.72. The number of hydrogen-bond donors (Lipinski definition) is 2. The van der Waals surface area contributed by atoms with Gasteiger partial charge >= 0.3 is 0 Å². The minimum atomic E-state index is 0.492. The molecule has 2 saturated carbocycles. The van der Waals surface area contributed by atoms with E-state index in [1.165, 1.54) is 58.3 Å². The van der Waals surface area contributed by atoms with Gasteiger partial charge in [0.25, 0.3) is 0 Å². The Kier molecular flexibility index (Phi) is 6.41. The normalized spacial score (nSPS) is 46.7. The van der Waals surface area contributed by atoms with Crippen LogP contribution in [0.2, 0.25) is 0 Å². The minimum absolute atomic E-state index is 0.492. The highest BCUT2D eigenvalue weighted by Crippen LogP contribution is 2.31. The lowest BCUT2D eigenvalue weighted by Gasteiger charge is -2.50. The third-order valence-electron chi connectivity index (χ3n) is 7.38. The molecule has 2 aliphatic carbocycles. The van der Waals surface area contributed by atoms with Gasteiger partial charge in [0.1, 0.15) is 0 Å². The summed E-state index contributed by atoms with van der Waals surface area (Å²) in [5.74, 6) is 0. The van der Waals surface area contributed by atoms with Crippen molar-refractivity contribution in [3.63, 3.8) is 0 Å². The first-order chi connectivity index (χ1) is 13.0. The van der Waals surface area contributed by atoms with Crippen molar-refractivity contribution in [3.8, 4) is 0 Å². The van der Waals surface area contributed by atoms with Gasteiger partial charge in [0.15, 0.2) is 0 Å². The van der Waals surface area contributed by atoms with Crippen LogP contribution in [-0.4, -0.2) is 98.7 Å². The molecular formula is C21H40N4O2. The maximum atomic E-state index is 5.49. The Hall–Kier alpha value is -0.240. The Bertz CT molecular complexity index is 439. The fraction of sp³-hybridized carbons (Fsp3) is 1.00. The third-order valence-corrected chi connectivity index (χ3v) is 7.38. The van der Waals surface area contributed by atoms with E-state index >= 15 is 0 Å². The first-order valence-electron chi connectivity index (χ1n) is 11.1. The van der Waals surface area contributed by atoms with Crippen LogP contribution < -0.4 is 10.6 Å². The van der Waals surface area contributed by atoms with Gasteiger partial charge < -0.3 is 20.1 Å². The largest absolute Gasteiger partial charge is 0.381 e. The maximum absolute atomic E-state index is 5.49. The highest BCUT2D eigenvalue weighted by Gasteiger charge is 2.40. The van der Waals surface area contributed by atoms with Crippen molar-refractivity contribution in [3.05, 3.63) is 0 Å². The van der Waals surface area contributed by atoms with Crippen LogP contribution in [0.15, 0.2) is 0 Å². The highest BCUT2D eigenvalue weighted by molar-refractivity contribution is 4.98. The molecule has 4 rings (SSSR count).